The van der Waals surface area contributed by atoms with Gasteiger partial charge in [-0.3, -0.25) is 0 Å². The fourth-order valence-corrected chi connectivity index (χ4v) is 1.29. The number of allylic oxidation sites excluding steroid dienone is 1. The largest absolute Gasteiger partial charge is 0.470 e. The van der Waals surface area contributed by atoms with E-state index in [1.807, 2.05) is 0 Å². The average molecular weight is 254 g/mol. The molecule has 1 aliphatic heterocycles. The number of rotatable bonds is 4. The molecule has 0 aliphatic carbocycles. The van der Waals surface area contributed by atoms with Crippen molar-refractivity contribution >= 4 is 29.6 Å². The van der Waals surface area contributed by atoms with Crippen LogP contribution in [0.1, 0.15) is 0 Å². The fraction of sp³-hybridized carbons (Fsp3) is 0.625. The van der Waals surface area contributed by atoms with Gasteiger partial charge in [-0.25, -0.2) is 5.53 Å². The summed E-state index contributed by atoms with van der Waals surface area (Å²) >= 11 is 11.6. The van der Waals surface area contributed by atoms with Gasteiger partial charge >= 0.3 is 0 Å². The van der Waals surface area contributed by atoms with Crippen molar-refractivity contribution in [2.45, 2.75) is 0 Å². The molecule has 5 nitrogen and oxygen atoms in total. The minimum Gasteiger partial charge on any atom is -0.470 e. The molecule has 1 rings (SSSR count). The number of hydrogen-bond donors (Lipinski definition) is 1. The summed E-state index contributed by atoms with van der Waals surface area (Å²) in [6.07, 6.45) is 1.45. The number of hydrogen-bond acceptors (Lipinski definition) is 4. The van der Waals surface area contributed by atoms with Crippen molar-refractivity contribution in [3.05, 3.63) is 10.9 Å². The van der Waals surface area contributed by atoms with Crippen LogP contribution in [0.2, 0.25) is 0 Å². The molecule has 0 spiro atoms. The normalized spacial score (nSPS) is 16.7. The van der Waals surface area contributed by atoms with Gasteiger partial charge in [0.15, 0.2) is 0 Å². The summed E-state index contributed by atoms with van der Waals surface area (Å²) in [5.74, 6) is 0.377. The predicted molar refractivity (Wildman–Crippen MR) is 61.1 cm³/mol. The first kappa shape index (κ1) is 12.4. The Hall–Kier alpha value is -0.650. The molecule has 1 heterocycles. The van der Waals surface area contributed by atoms with Crippen LogP contribution in [0.3, 0.4) is 0 Å². The molecule has 0 bridgehead atoms. The van der Waals surface area contributed by atoms with Crippen molar-refractivity contribution in [3.8, 4) is 0 Å². The molecule has 0 atom stereocenters. The quantitative estimate of drug-likeness (QED) is 0.602. The fourth-order valence-electron chi connectivity index (χ4n) is 0.872. The Morgan fingerprint density at radius 1 is 1.53 bits per heavy atom. The topological polar surface area (TPSA) is 36.9 Å². The van der Waals surface area contributed by atoms with Crippen molar-refractivity contribution in [2.24, 2.45) is 5.10 Å². The van der Waals surface area contributed by atoms with Gasteiger partial charge in [0, 0.05) is 11.8 Å². The van der Waals surface area contributed by atoms with E-state index in [4.69, 9.17) is 28.1 Å². The highest BCUT2D eigenvalue weighted by Gasteiger charge is 2.17. The van der Waals surface area contributed by atoms with Gasteiger partial charge in [-0.15, -0.1) is 4.53 Å². The SMILES string of the molecule is C[N+](C)(C)CCOC1=C(Cl)C=NNN1Cl. The van der Waals surface area contributed by atoms with Gasteiger partial charge in [-0.05, 0) is 0 Å². The van der Waals surface area contributed by atoms with Crippen LogP contribution in [0, 0.1) is 0 Å². The number of ether oxygens (including phenoxy) is 1. The first-order chi connectivity index (χ1) is 6.90. The van der Waals surface area contributed by atoms with Gasteiger partial charge in [0.25, 0.3) is 0 Å². The van der Waals surface area contributed by atoms with E-state index >= 15 is 0 Å². The number of nitrogens with one attached hydrogen (secondary N) is 1. The molecule has 0 radical (unpaired) electrons. The average Bonchev–Trinajstić information content (AvgIpc) is 2.08. The zero-order valence-electron chi connectivity index (χ0n) is 9.00. The Morgan fingerprint density at radius 2 is 2.20 bits per heavy atom. The highest BCUT2D eigenvalue weighted by atomic mass is 35.5. The maximum atomic E-state index is 5.86. The van der Waals surface area contributed by atoms with Crippen molar-refractivity contribution in [1.82, 2.24) is 10.1 Å². The van der Waals surface area contributed by atoms with E-state index in [2.05, 4.69) is 31.8 Å². The molecular formula is C8H15Cl2N4O+. The minimum absolute atomic E-state index is 0.377. The third-order valence-corrected chi connectivity index (χ3v) is 2.20. The van der Waals surface area contributed by atoms with Crippen LogP contribution >= 0.6 is 23.4 Å². The van der Waals surface area contributed by atoms with E-state index in [0.29, 0.717) is 17.5 Å². The van der Waals surface area contributed by atoms with Gasteiger partial charge in [0.1, 0.15) is 18.2 Å². The Labute approximate surface area is 99.5 Å². The highest BCUT2D eigenvalue weighted by Crippen LogP contribution is 2.17. The Balaban J connectivity index is 2.47. The molecule has 0 aromatic rings. The number of nitrogens with zero attached hydrogens (tertiary/aromatic N) is 3. The minimum atomic E-state index is 0.377. The predicted octanol–water partition coefficient (Wildman–Crippen LogP) is 1.08. The van der Waals surface area contributed by atoms with Crippen LogP contribution in [0.5, 0.6) is 0 Å². The number of likely N-dealkylation sites (N-methyl/N-ethyl adjacent to an activating group) is 1. The third-order valence-electron chi connectivity index (χ3n) is 1.71. The van der Waals surface area contributed by atoms with Crippen LogP contribution in [0.25, 0.3) is 0 Å². The monoisotopic (exact) mass is 253 g/mol. The smallest absolute Gasteiger partial charge is 0.246 e. The Morgan fingerprint density at radius 3 is 2.73 bits per heavy atom. The van der Waals surface area contributed by atoms with E-state index in [1.165, 1.54) is 6.21 Å². The van der Waals surface area contributed by atoms with E-state index in [1.54, 1.807) is 0 Å². The summed E-state index contributed by atoms with van der Waals surface area (Å²) in [6, 6.07) is 0. The summed E-state index contributed by atoms with van der Waals surface area (Å²) in [7, 11) is 6.25. The van der Waals surface area contributed by atoms with Crippen molar-refractivity contribution in [1.29, 1.82) is 0 Å². The molecule has 0 saturated heterocycles. The summed E-state index contributed by atoms with van der Waals surface area (Å²) in [5, 5.41) is 4.07. The second-order valence-electron chi connectivity index (χ2n) is 4.15. The van der Waals surface area contributed by atoms with Crippen molar-refractivity contribution in [2.75, 3.05) is 34.3 Å². The zero-order chi connectivity index (χ0) is 11.5. The Bertz CT molecular complexity index is 285. The molecule has 0 saturated carbocycles. The molecule has 15 heavy (non-hydrogen) atoms. The molecular weight excluding hydrogens is 239 g/mol. The van der Waals surface area contributed by atoms with Crippen LogP contribution in [0.15, 0.2) is 16.0 Å². The lowest BCUT2D eigenvalue weighted by Gasteiger charge is -2.26. The number of quaternary nitrogens is 1. The molecule has 7 heteroatoms. The lowest BCUT2D eigenvalue weighted by atomic mass is 10.5. The van der Waals surface area contributed by atoms with Crippen LogP contribution in [-0.2, 0) is 4.74 Å². The van der Waals surface area contributed by atoms with Crippen molar-refractivity contribution < 1.29 is 9.22 Å². The molecule has 0 amide bonds. The summed E-state index contributed by atoms with van der Waals surface area (Å²) in [6.45, 7) is 1.39. The van der Waals surface area contributed by atoms with Gasteiger partial charge < -0.3 is 9.22 Å². The highest BCUT2D eigenvalue weighted by molar-refractivity contribution is 6.40. The second kappa shape index (κ2) is 4.92. The zero-order valence-corrected chi connectivity index (χ0v) is 10.5. The second-order valence-corrected chi connectivity index (χ2v) is 4.90. The lowest BCUT2D eigenvalue weighted by molar-refractivity contribution is -0.870. The van der Waals surface area contributed by atoms with Gasteiger partial charge in [0.2, 0.25) is 5.88 Å². The molecule has 0 aromatic carbocycles. The third kappa shape index (κ3) is 4.15. The molecule has 1 N–H and O–H groups in total. The van der Waals surface area contributed by atoms with Crippen LogP contribution < -0.4 is 5.53 Å². The summed E-state index contributed by atoms with van der Waals surface area (Å²) in [4.78, 5) is 0. The van der Waals surface area contributed by atoms with Crippen LogP contribution in [-0.4, -0.2) is 49.5 Å². The molecule has 0 unspecified atom stereocenters. The van der Waals surface area contributed by atoms with E-state index < -0.39 is 0 Å². The van der Waals surface area contributed by atoms with Crippen LogP contribution in [0.4, 0.5) is 0 Å². The summed E-state index contributed by atoms with van der Waals surface area (Å²) in [5.41, 5.74) is 2.51. The molecule has 0 aromatic heterocycles. The molecule has 1 aliphatic rings. The molecule has 0 fully saturated rings. The lowest BCUT2D eigenvalue weighted by Crippen LogP contribution is -2.38. The van der Waals surface area contributed by atoms with E-state index in [0.717, 1.165) is 15.6 Å². The summed E-state index contributed by atoms with van der Waals surface area (Å²) < 4.78 is 7.39. The maximum absolute atomic E-state index is 5.86. The van der Waals surface area contributed by atoms with E-state index in [-0.39, 0.29) is 0 Å². The van der Waals surface area contributed by atoms with Gasteiger partial charge in [0.05, 0.1) is 27.4 Å². The Kier molecular flexibility index (Phi) is 4.07. The van der Waals surface area contributed by atoms with Gasteiger partial charge in [-0.2, -0.15) is 5.10 Å². The van der Waals surface area contributed by atoms with Gasteiger partial charge in [-0.1, -0.05) is 11.6 Å². The standard InChI is InChI=1S/C8H15Cl2N4O/c1-14(2,3)4-5-15-8-7(9)6-11-12-13(8)10/h6,12H,4-5H2,1-3H3/q+1. The number of hydrazone groups is 1. The van der Waals surface area contributed by atoms with Crippen molar-refractivity contribution in [3.63, 3.8) is 0 Å². The first-order valence-corrected chi connectivity index (χ1v) is 5.19. The van der Waals surface area contributed by atoms with E-state index in [9.17, 15) is 0 Å². The number of halogens is 2. The molecule has 86 valence electrons. The maximum Gasteiger partial charge on any atom is 0.246 e. The first-order valence-electron chi connectivity index (χ1n) is 4.48. The number of hydrazine groups is 1.